The fourth-order valence-electron chi connectivity index (χ4n) is 0.899. The molecule has 0 aromatic carbocycles. The van der Waals surface area contributed by atoms with Crippen LogP contribution in [0, 0.1) is 0 Å². The highest BCUT2D eigenvalue weighted by molar-refractivity contribution is 8.13. The van der Waals surface area contributed by atoms with Gasteiger partial charge in [-0.15, -0.1) is 0 Å². The molecule has 0 aliphatic rings. The van der Waals surface area contributed by atoms with Crippen LogP contribution in [-0.4, -0.2) is 67.1 Å². The third kappa shape index (κ3) is 6.71. The van der Waals surface area contributed by atoms with Crippen LogP contribution in [0.5, 0.6) is 5.19 Å². The van der Waals surface area contributed by atoms with Crippen molar-refractivity contribution in [2.75, 3.05) is 47.6 Å². The number of amides is 1. The molecule has 1 heterocycles. The molecule has 0 fully saturated rings. The Kier molecular flexibility index (Phi) is 7.72. The third-order valence-corrected chi connectivity index (χ3v) is 3.47. The Morgan fingerprint density at radius 2 is 2.05 bits per heavy atom. The number of carbonyl (C=O) groups is 1. The van der Waals surface area contributed by atoms with Gasteiger partial charge in [-0.1, -0.05) is 0 Å². The third-order valence-electron chi connectivity index (χ3n) is 1.82. The Balaban J connectivity index is 2.21. The molecule has 108 valence electrons. The number of nitrogens with zero attached hydrogens (tertiary/aromatic N) is 3. The van der Waals surface area contributed by atoms with Gasteiger partial charge in [-0.05, 0) is 0 Å². The molecule has 7 nitrogen and oxygen atoms in total. The number of aromatic nitrogens is 2. The standard InChI is InChI=1S/C10H17N3O4S2/c1-13(2)10(14)18-8-11-9(19-12-8)17-7-6-16-5-4-15-3/h4-7H2,1-3H3. The molecule has 0 spiro atoms. The highest BCUT2D eigenvalue weighted by atomic mass is 32.2. The molecule has 1 amide bonds. The molecule has 9 heteroatoms. The van der Waals surface area contributed by atoms with E-state index in [1.54, 1.807) is 21.2 Å². The summed E-state index contributed by atoms with van der Waals surface area (Å²) < 4.78 is 19.5. The second-order valence-electron chi connectivity index (χ2n) is 3.56. The maximum atomic E-state index is 11.4. The van der Waals surface area contributed by atoms with E-state index in [9.17, 15) is 4.79 Å². The van der Waals surface area contributed by atoms with Crippen molar-refractivity contribution < 1.29 is 19.0 Å². The quantitative estimate of drug-likeness (QED) is 0.530. The first-order chi connectivity index (χ1) is 9.13. The molecule has 1 rings (SSSR count). The maximum Gasteiger partial charge on any atom is 0.294 e. The number of rotatable bonds is 8. The Morgan fingerprint density at radius 3 is 2.74 bits per heavy atom. The lowest BCUT2D eigenvalue weighted by atomic mass is 10.7. The van der Waals surface area contributed by atoms with Crippen LogP contribution < -0.4 is 4.74 Å². The van der Waals surface area contributed by atoms with Gasteiger partial charge in [0.25, 0.3) is 10.4 Å². The van der Waals surface area contributed by atoms with Crippen molar-refractivity contribution >= 4 is 28.5 Å². The van der Waals surface area contributed by atoms with Gasteiger partial charge in [-0.3, -0.25) is 4.79 Å². The predicted octanol–water partition coefficient (Wildman–Crippen LogP) is 1.35. The van der Waals surface area contributed by atoms with E-state index in [1.165, 1.54) is 4.90 Å². The van der Waals surface area contributed by atoms with Crippen LogP contribution in [0.25, 0.3) is 0 Å². The Hall–Kier alpha value is -0.900. The molecule has 0 radical (unpaired) electrons. The average Bonchev–Trinajstić information content (AvgIpc) is 2.81. The summed E-state index contributed by atoms with van der Waals surface area (Å²) >= 11 is 2.09. The van der Waals surface area contributed by atoms with Gasteiger partial charge in [0, 0.05) is 44.5 Å². The van der Waals surface area contributed by atoms with E-state index in [-0.39, 0.29) is 5.24 Å². The van der Waals surface area contributed by atoms with Crippen LogP contribution in [0.3, 0.4) is 0 Å². The number of hydrogen-bond acceptors (Lipinski definition) is 8. The van der Waals surface area contributed by atoms with Gasteiger partial charge in [0.05, 0.1) is 19.8 Å². The molecule has 0 bridgehead atoms. The lowest BCUT2D eigenvalue weighted by Gasteiger charge is -2.06. The number of thioether (sulfide) groups is 1. The van der Waals surface area contributed by atoms with Crippen molar-refractivity contribution in [3.8, 4) is 5.19 Å². The summed E-state index contributed by atoms with van der Waals surface area (Å²) in [7, 11) is 4.97. The maximum absolute atomic E-state index is 11.4. The van der Waals surface area contributed by atoms with E-state index < -0.39 is 0 Å². The molecule has 19 heavy (non-hydrogen) atoms. The molecule has 1 aromatic heterocycles. The van der Waals surface area contributed by atoms with E-state index in [2.05, 4.69) is 9.36 Å². The molecule has 0 atom stereocenters. The van der Waals surface area contributed by atoms with Gasteiger partial charge in [-0.25, -0.2) is 0 Å². The van der Waals surface area contributed by atoms with Gasteiger partial charge >= 0.3 is 0 Å². The Bertz CT molecular complexity index is 387. The molecule has 0 N–H and O–H groups in total. The number of carbonyl (C=O) groups excluding carboxylic acids is 1. The zero-order valence-corrected chi connectivity index (χ0v) is 12.8. The minimum absolute atomic E-state index is 0.118. The molecular formula is C10H17N3O4S2. The molecule has 0 aliphatic heterocycles. The minimum Gasteiger partial charge on any atom is -0.467 e. The normalized spacial score (nSPS) is 10.5. The SMILES string of the molecule is COCCOCCOc1nc(SC(=O)N(C)C)ns1. The summed E-state index contributed by atoms with van der Waals surface area (Å²) in [4.78, 5) is 17.0. The molecule has 0 unspecified atom stereocenters. The summed E-state index contributed by atoms with van der Waals surface area (Å²) in [5.41, 5.74) is 0. The van der Waals surface area contributed by atoms with Crippen molar-refractivity contribution in [1.29, 1.82) is 0 Å². The number of ether oxygens (including phenoxy) is 3. The van der Waals surface area contributed by atoms with Crippen LogP contribution in [0.15, 0.2) is 5.16 Å². The molecule has 0 saturated carbocycles. The lowest BCUT2D eigenvalue weighted by molar-refractivity contribution is 0.0543. The highest BCUT2D eigenvalue weighted by Gasteiger charge is 2.12. The summed E-state index contributed by atoms with van der Waals surface area (Å²) in [5, 5.41) is 0.718. The number of hydrogen-bond donors (Lipinski definition) is 0. The van der Waals surface area contributed by atoms with Gasteiger partial charge in [0.1, 0.15) is 6.61 Å². The Morgan fingerprint density at radius 1 is 1.32 bits per heavy atom. The summed E-state index contributed by atoms with van der Waals surface area (Å²) in [6.45, 7) is 1.95. The van der Waals surface area contributed by atoms with Crippen molar-refractivity contribution in [3.63, 3.8) is 0 Å². The molecule has 0 saturated heterocycles. The molecule has 1 aromatic rings. The average molecular weight is 307 g/mol. The largest absolute Gasteiger partial charge is 0.467 e. The predicted molar refractivity (Wildman–Crippen MR) is 73.0 cm³/mol. The first kappa shape index (κ1) is 16.2. The van der Waals surface area contributed by atoms with Gasteiger partial charge in [0.15, 0.2) is 0 Å². The Labute approximate surface area is 120 Å². The van der Waals surface area contributed by atoms with Crippen molar-refractivity contribution in [1.82, 2.24) is 14.3 Å². The molecular weight excluding hydrogens is 290 g/mol. The van der Waals surface area contributed by atoms with E-state index in [1.807, 2.05) is 0 Å². The number of methoxy groups -OCH3 is 1. The zero-order chi connectivity index (χ0) is 14.1. The van der Waals surface area contributed by atoms with E-state index in [0.29, 0.717) is 36.8 Å². The van der Waals surface area contributed by atoms with Crippen LogP contribution in [-0.2, 0) is 9.47 Å². The minimum atomic E-state index is -0.118. The first-order valence-corrected chi connectivity index (χ1v) is 7.14. The van der Waals surface area contributed by atoms with Gasteiger partial charge in [-0.2, -0.15) is 9.36 Å². The van der Waals surface area contributed by atoms with E-state index in [0.717, 1.165) is 23.3 Å². The van der Waals surface area contributed by atoms with Gasteiger partial charge in [0.2, 0.25) is 5.16 Å². The monoisotopic (exact) mass is 307 g/mol. The summed E-state index contributed by atoms with van der Waals surface area (Å²) in [6.07, 6.45) is 0. The fourth-order valence-corrected chi connectivity index (χ4v) is 2.15. The highest BCUT2D eigenvalue weighted by Crippen LogP contribution is 2.23. The van der Waals surface area contributed by atoms with Crippen LogP contribution in [0.4, 0.5) is 4.79 Å². The van der Waals surface area contributed by atoms with E-state index >= 15 is 0 Å². The summed E-state index contributed by atoms with van der Waals surface area (Å²) in [5.74, 6) is 0. The van der Waals surface area contributed by atoms with Crippen LogP contribution in [0.1, 0.15) is 0 Å². The van der Waals surface area contributed by atoms with Crippen molar-refractivity contribution in [2.45, 2.75) is 5.16 Å². The first-order valence-electron chi connectivity index (χ1n) is 5.55. The second-order valence-corrected chi connectivity index (χ2v) is 5.19. The zero-order valence-electron chi connectivity index (χ0n) is 11.1. The summed E-state index contributed by atoms with van der Waals surface area (Å²) in [6, 6.07) is 0. The topological polar surface area (TPSA) is 73.8 Å². The van der Waals surface area contributed by atoms with Crippen molar-refractivity contribution in [3.05, 3.63) is 0 Å². The molecule has 0 aliphatic carbocycles. The smallest absolute Gasteiger partial charge is 0.294 e. The van der Waals surface area contributed by atoms with Crippen molar-refractivity contribution in [2.24, 2.45) is 0 Å². The second kappa shape index (κ2) is 9.08. The van der Waals surface area contributed by atoms with E-state index in [4.69, 9.17) is 14.2 Å². The van der Waals surface area contributed by atoms with Crippen LogP contribution in [0.2, 0.25) is 0 Å². The fraction of sp³-hybridized carbons (Fsp3) is 0.700. The lowest BCUT2D eigenvalue weighted by Crippen LogP contribution is -2.16. The van der Waals surface area contributed by atoms with Crippen LogP contribution >= 0.6 is 23.3 Å². The van der Waals surface area contributed by atoms with Gasteiger partial charge < -0.3 is 19.1 Å².